The molecular weight excluding hydrogens is 296 g/mol. The Morgan fingerprint density at radius 3 is 2.91 bits per heavy atom. The zero-order valence-corrected chi connectivity index (χ0v) is 14.5. The number of aromatic nitrogens is 1. The number of piperidine rings is 1. The topological polar surface area (TPSA) is 42.4 Å². The molecule has 2 unspecified atom stereocenters. The van der Waals surface area contributed by atoms with Crippen molar-refractivity contribution in [2.75, 3.05) is 19.7 Å². The van der Waals surface area contributed by atoms with Crippen LogP contribution in [0.5, 0.6) is 0 Å². The molecule has 2 atom stereocenters. The molecule has 2 saturated heterocycles. The highest BCUT2D eigenvalue weighted by Gasteiger charge is 2.27. The van der Waals surface area contributed by atoms with Gasteiger partial charge in [0.2, 0.25) is 5.91 Å². The number of rotatable bonds is 4. The maximum atomic E-state index is 12.5. The van der Waals surface area contributed by atoms with Gasteiger partial charge in [0.1, 0.15) is 0 Å². The summed E-state index contributed by atoms with van der Waals surface area (Å²) in [5.74, 6) is 0.725. The van der Waals surface area contributed by atoms with Crippen LogP contribution >= 0.6 is 11.3 Å². The van der Waals surface area contributed by atoms with E-state index in [4.69, 9.17) is 9.72 Å². The highest BCUT2D eigenvalue weighted by molar-refractivity contribution is 7.11. The Balaban J connectivity index is 1.54. The molecule has 0 aliphatic carbocycles. The van der Waals surface area contributed by atoms with Gasteiger partial charge in [-0.15, -0.1) is 11.3 Å². The Labute approximate surface area is 136 Å². The van der Waals surface area contributed by atoms with Crippen LogP contribution in [0.3, 0.4) is 0 Å². The summed E-state index contributed by atoms with van der Waals surface area (Å²) in [5.41, 5.74) is 1.14. The third-order valence-electron chi connectivity index (χ3n) is 4.87. The second kappa shape index (κ2) is 7.09. The van der Waals surface area contributed by atoms with E-state index in [1.807, 2.05) is 0 Å². The van der Waals surface area contributed by atoms with E-state index < -0.39 is 0 Å². The van der Waals surface area contributed by atoms with Gasteiger partial charge in [-0.2, -0.15) is 0 Å². The molecule has 122 valence electrons. The first kappa shape index (κ1) is 15.9. The molecule has 0 saturated carbocycles. The first-order chi connectivity index (χ1) is 10.6. The fourth-order valence-electron chi connectivity index (χ4n) is 3.39. The van der Waals surface area contributed by atoms with Crippen LogP contribution in [-0.4, -0.2) is 41.6 Å². The molecule has 0 bridgehead atoms. The third kappa shape index (κ3) is 3.69. The Bertz CT molecular complexity index is 503. The molecule has 0 radical (unpaired) electrons. The summed E-state index contributed by atoms with van der Waals surface area (Å²) < 4.78 is 5.62. The maximum Gasteiger partial charge on any atom is 0.222 e. The van der Waals surface area contributed by atoms with Crippen LogP contribution in [0.4, 0.5) is 0 Å². The van der Waals surface area contributed by atoms with Crippen molar-refractivity contribution in [3.05, 3.63) is 15.6 Å². The molecule has 2 aliphatic heterocycles. The van der Waals surface area contributed by atoms with Gasteiger partial charge >= 0.3 is 0 Å². The number of nitrogens with zero attached hydrogens (tertiary/aromatic N) is 2. The predicted molar refractivity (Wildman–Crippen MR) is 88.4 cm³/mol. The molecular formula is C17H26N2O2S. The lowest BCUT2D eigenvalue weighted by atomic mass is 9.98. The van der Waals surface area contributed by atoms with Crippen LogP contribution in [0.25, 0.3) is 0 Å². The van der Waals surface area contributed by atoms with Crippen molar-refractivity contribution in [2.24, 2.45) is 0 Å². The summed E-state index contributed by atoms with van der Waals surface area (Å²) in [6.45, 7) is 6.82. The standard InChI is InChI=1S/C17H26N2O2S/c1-12-13(2)22-17(18-12)14-5-3-9-19(11-14)16(20)8-7-15-6-4-10-21-15/h14-15H,3-11H2,1-2H3. The average molecular weight is 322 g/mol. The van der Waals surface area contributed by atoms with E-state index in [0.717, 1.165) is 57.5 Å². The monoisotopic (exact) mass is 322 g/mol. The van der Waals surface area contributed by atoms with Crippen molar-refractivity contribution in [1.29, 1.82) is 0 Å². The van der Waals surface area contributed by atoms with Crippen LogP contribution in [-0.2, 0) is 9.53 Å². The van der Waals surface area contributed by atoms with Crippen molar-refractivity contribution in [2.45, 2.75) is 64.4 Å². The first-order valence-electron chi connectivity index (χ1n) is 8.47. The van der Waals surface area contributed by atoms with Crippen molar-refractivity contribution in [3.8, 4) is 0 Å². The van der Waals surface area contributed by atoms with E-state index in [1.54, 1.807) is 11.3 Å². The van der Waals surface area contributed by atoms with Crippen LogP contribution in [0.1, 0.15) is 60.0 Å². The molecule has 3 heterocycles. The second-order valence-corrected chi connectivity index (χ2v) is 7.78. The summed E-state index contributed by atoms with van der Waals surface area (Å²) in [4.78, 5) is 20.5. The van der Waals surface area contributed by atoms with Crippen molar-refractivity contribution >= 4 is 17.2 Å². The molecule has 3 rings (SSSR count). The SMILES string of the molecule is Cc1nc(C2CCCN(C(=O)CCC3CCCO3)C2)sc1C. The molecule has 5 heteroatoms. The molecule has 1 amide bonds. The highest BCUT2D eigenvalue weighted by atomic mass is 32.1. The number of aryl methyl sites for hydroxylation is 2. The highest BCUT2D eigenvalue weighted by Crippen LogP contribution is 2.31. The number of amides is 1. The summed E-state index contributed by atoms with van der Waals surface area (Å²) in [7, 11) is 0. The normalized spacial score (nSPS) is 25.6. The quantitative estimate of drug-likeness (QED) is 0.853. The van der Waals surface area contributed by atoms with Gasteiger partial charge in [-0.3, -0.25) is 4.79 Å². The smallest absolute Gasteiger partial charge is 0.222 e. The van der Waals surface area contributed by atoms with Crippen molar-refractivity contribution in [1.82, 2.24) is 9.88 Å². The lowest BCUT2D eigenvalue weighted by Gasteiger charge is -2.32. The van der Waals surface area contributed by atoms with Crippen LogP contribution < -0.4 is 0 Å². The van der Waals surface area contributed by atoms with Crippen LogP contribution in [0.2, 0.25) is 0 Å². The van der Waals surface area contributed by atoms with E-state index in [-0.39, 0.29) is 0 Å². The lowest BCUT2D eigenvalue weighted by molar-refractivity contribution is -0.133. The third-order valence-corrected chi connectivity index (χ3v) is 6.11. The van der Waals surface area contributed by atoms with E-state index in [9.17, 15) is 4.79 Å². The second-order valence-electron chi connectivity index (χ2n) is 6.55. The van der Waals surface area contributed by atoms with Gasteiger partial charge < -0.3 is 9.64 Å². The molecule has 2 aliphatic rings. The summed E-state index contributed by atoms with van der Waals surface area (Å²) in [6.07, 6.45) is 6.34. The van der Waals surface area contributed by atoms with Crippen molar-refractivity contribution < 1.29 is 9.53 Å². The maximum absolute atomic E-state index is 12.5. The summed E-state index contributed by atoms with van der Waals surface area (Å²) in [5, 5.41) is 1.21. The zero-order valence-electron chi connectivity index (χ0n) is 13.6. The van der Waals surface area contributed by atoms with E-state index in [0.29, 0.717) is 24.3 Å². The van der Waals surface area contributed by atoms with E-state index >= 15 is 0 Å². The van der Waals surface area contributed by atoms with Crippen LogP contribution in [0, 0.1) is 13.8 Å². The molecule has 0 spiro atoms. The van der Waals surface area contributed by atoms with Gasteiger partial charge in [0.25, 0.3) is 0 Å². The molecule has 22 heavy (non-hydrogen) atoms. The number of hydrogen-bond acceptors (Lipinski definition) is 4. The Hall–Kier alpha value is -0.940. The number of ether oxygens (including phenoxy) is 1. The minimum absolute atomic E-state index is 0.296. The van der Waals surface area contributed by atoms with Gasteiger partial charge in [-0.05, 0) is 46.0 Å². The Morgan fingerprint density at radius 1 is 1.36 bits per heavy atom. The largest absolute Gasteiger partial charge is 0.378 e. The van der Waals surface area contributed by atoms with Gasteiger partial charge in [0.05, 0.1) is 16.8 Å². The summed E-state index contributed by atoms with van der Waals surface area (Å²) in [6, 6.07) is 0. The van der Waals surface area contributed by atoms with Gasteiger partial charge in [-0.25, -0.2) is 4.98 Å². The fraction of sp³-hybridized carbons (Fsp3) is 0.765. The van der Waals surface area contributed by atoms with Gasteiger partial charge in [0.15, 0.2) is 0 Å². The molecule has 2 fully saturated rings. The molecule has 1 aromatic rings. The molecule has 0 N–H and O–H groups in total. The number of likely N-dealkylation sites (tertiary alicyclic amines) is 1. The molecule has 0 aromatic carbocycles. The number of thiazole rings is 1. The first-order valence-corrected chi connectivity index (χ1v) is 9.28. The summed E-state index contributed by atoms with van der Waals surface area (Å²) >= 11 is 1.80. The molecule has 1 aromatic heterocycles. The number of carbonyl (C=O) groups excluding carboxylic acids is 1. The minimum atomic E-state index is 0.296. The minimum Gasteiger partial charge on any atom is -0.378 e. The predicted octanol–water partition coefficient (Wildman–Crippen LogP) is 3.43. The van der Waals surface area contributed by atoms with E-state index in [2.05, 4.69) is 18.7 Å². The fourth-order valence-corrected chi connectivity index (χ4v) is 4.44. The van der Waals surface area contributed by atoms with Gasteiger partial charge in [-0.1, -0.05) is 0 Å². The molecule has 4 nitrogen and oxygen atoms in total. The number of hydrogen-bond donors (Lipinski definition) is 0. The zero-order chi connectivity index (χ0) is 15.5. The Kier molecular flexibility index (Phi) is 5.14. The average Bonchev–Trinajstić information content (AvgIpc) is 3.16. The lowest BCUT2D eigenvalue weighted by Crippen LogP contribution is -2.39. The van der Waals surface area contributed by atoms with Gasteiger partial charge in [0, 0.05) is 36.9 Å². The Morgan fingerprint density at radius 2 is 2.23 bits per heavy atom. The van der Waals surface area contributed by atoms with Crippen LogP contribution in [0.15, 0.2) is 0 Å². The van der Waals surface area contributed by atoms with Crippen molar-refractivity contribution in [3.63, 3.8) is 0 Å². The number of carbonyl (C=O) groups is 1. The van der Waals surface area contributed by atoms with E-state index in [1.165, 1.54) is 9.88 Å².